The van der Waals surface area contributed by atoms with Gasteiger partial charge in [-0.15, -0.1) is 0 Å². The zero-order valence-electron chi connectivity index (χ0n) is 11.7. The van der Waals surface area contributed by atoms with Crippen molar-refractivity contribution in [3.05, 3.63) is 29.6 Å². The normalized spacial score (nSPS) is 15.8. The molecule has 0 spiro atoms. The van der Waals surface area contributed by atoms with Crippen molar-refractivity contribution < 1.29 is 12.8 Å². The number of benzene rings is 1. The van der Waals surface area contributed by atoms with Crippen molar-refractivity contribution in [2.24, 2.45) is 11.7 Å². The Balaban J connectivity index is 2.30. The summed E-state index contributed by atoms with van der Waals surface area (Å²) in [4.78, 5) is -0.246. The van der Waals surface area contributed by atoms with Gasteiger partial charge in [-0.25, -0.2) is 12.8 Å². The Kier molecular flexibility index (Phi) is 4.78. The molecule has 0 saturated heterocycles. The van der Waals surface area contributed by atoms with Crippen molar-refractivity contribution in [2.45, 2.75) is 37.6 Å². The van der Waals surface area contributed by atoms with Gasteiger partial charge in [0, 0.05) is 19.6 Å². The van der Waals surface area contributed by atoms with Crippen molar-refractivity contribution in [3.8, 4) is 0 Å². The number of sulfonamides is 1. The average Bonchev–Trinajstić information content (AvgIpc) is 3.21. The molecule has 2 rings (SSSR count). The zero-order valence-corrected chi connectivity index (χ0v) is 12.5. The van der Waals surface area contributed by atoms with Crippen LogP contribution in [0.15, 0.2) is 23.1 Å². The minimum Gasteiger partial charge on any atom is -0.326 e. The summed E-state index contributed by atoms with van der Waals surface area (Å²) < 4.78 is 40.6. The van der Waals surface area contributed by atoms with Crippen molar-refractivity contribution in [1.82, 2.24) is 4.31 Å². The highest BCUT2D eigenvalue weighted by Gasteiger charge is 2.32. The second-order valence-electron chi connectivity index (χ2n) is 5.28. The summed E-state index contributed by atoms with van der Waals surface area (Å²) in [5.74, 6) is -0.285. The second-order valence-corrected chi connectivity index (χ2v) is 7.18. The number of nitrogens with zero attached hydrogens (tertiary/aromatic N) is 1. The molecule has 2 N–H and O–H groups in total. The Hall–Kier alpha value is -0.980. The quantitative estimate of drug-likeness (QED) is 0.838. The molecule has 4 nitrogen and oxygen atoms in total. The predicted octanol–water partition coefficient (Wildman–Crippen LogP) is 2.10. The third-order valence-electron chi connectivity index (χ3n) is 3.48. The van der Waals surface area contributed by atoms with Crippen LogP contribution in [0.25, 0.3) is 0 Å². The molecule has 0 heterocycles. The van der Waals surface area contributed by atoms with Crippen molar-refractivity contribution in [1.29, 1.82) is 0 Å². The van der Waals surface area contributed by atoms with Crippen LogP contribution in [0.2, 0.25) is 0 Å². The molecule has 0 bridgehead atoms. The lowest BCUT2D eigenvalue weighted by Gasteiger charge is -2.22. The van der Waals surface area contributed by atoms with Gasteiger partial charge in [-0.2, -0.15) is 4.31 Å². The van der Waals surface area contributed by atoms with E-state index in [4.69, 9.17) is 5.73 Å². The second kappa shape index (κ2) is 6.20. The van der Waals surface area contributed by atoms with Crippen LogP contribution in [-0.4, -0.2) is 25.8 Å². The van der Waals surface area contributed by atoms with Gasteiger partial charge in [-0.1, -0.05) is 13.0 Å². The summed E-state index contributed by atoms with van der Waals surface area (Å²) in [6.07, 6.45) is 2.84. The fourth-order valence-electron chi connectivity index (χ4n) is 2.17. The van der Waals surface area contributed by atoms with Crippen LogP contribution in [0.1, 0.15) is 31.7 Å². The van der Waals surface area contributed by atoms with E-state index in [1.807, 2.05) is 6.92 Å². The maximum Gasteiger partial charge on any atom is 0.245 e. The van der Waals surface area contributed by atoms with Crippen LogP contribution in [0, 0.1) is 11.7 Å². The zero-order chi connectivity index (χ0) is 14.8. The van der Waals surface area contributed by atoms with Crippen LogP contribution in [0.5, 0.6) is 0 Å². The smallest absolute Gasteiger partial charge is 0.245 e. The first-order chi connectivity index (χ1) is 9.48. The Morgan fingerprint density at radius 3 is 2.60 bits per heavy atom. The molecule has 0 aliphatic heterocycles. The predicted molar refractivity (Wildman–Crippen MR) is 76.1 cm³/mol. The highest BCUT2D eigenvalue weighted by atomic mass is 32.2. The summed E-state index contributed by atoms with van der Waals surface area (Å²) in [6, 6.07) is 4.09. The lowest BCUT2D eigenvalue weighted by atomic mass is 10.2. The molecular formula is C14H21FN2O2S. The van der Waals surface area contributed by atoms with Crippen LogP contribution < -0.4 is 5.73 Å². The van der Waals surface area contributed by atoms with E-state index in [2.05, 4.69) is 0 Å². The Morgan fingerprint density at radius 1 is 1.40 bits per heavy atom. The van der Waals surface area contributed by atoms with Gasteiger partial charge in [0.15, 0.2) is 0 Å². The first kappa shape index (κ1) is 15.4. The van der Waals surface area contributed by atoms with E-state index in [1.165, 1.54) is 16.4 Å². The third-order valence-corrected chi connectivity index (χ3v) is 5.38. The first-order valence-corrected chi connectivity index (χ1v) is 8.41. The number of hydrogen-bond donors (Lipinski definition) is 1. The van der Waals surface area contributed by atoms with E-state index in [0.717, 1.165) is 12.8 Å². The molecule has 0 unspecified atom stereocenters. The Labute approximate surface area is 119 Å². The van der Waals surface area contributed by atoms with E-state index < -0.39 is 15.8 Å². The van der Waals surface area contributed by atoms with E-state index in [1.54, 1.807) is 6.07 Å². The Bertz CT molecular complexity index is 571. The fraction of sp³-hybridized carbons (Fsp3) is 0.571. The molecule has 0 radical (unpaired) electrons. The van der Waals surface area contributed by atoms with Crippen molar-refractivity contribution in [3.63, 3.8) is 0 Å². The van der Waals surface area contributed by atoms with Gasteiger partial charge >= 0.3 is 0 Å². The van der Waals surface area contributed by atoms with E-state index >= 15 is 0 Å². The standard InChI is InChI=1S/C14H21FN2O2S/c1-2-7-17(10-11-3-4-11)20(18,19)14-6-5-12(9-16)8-13(14)15/h5-6,8,11H,2-4,7,9-10,16H2,1H3. The number of rotatable bonds is 7. The molecule has 1 aromatic rings. The molecule has 1 aromatic carbocycles. The minimum atomic E-state index is -3.76. The van der Waals surface area contributed by atoms with Gasteiger partial charge in [0.05, 0.1) is 0 Å². The molecule has 1 fully saturated rings. The molecule has 1 aliphatic rings. The van der Waals surface area contributed by atoms with Crippen molar-refractivity contribution in [2.75, 3.05) is 13.1 Å². The largest absolute Gasteiger partial charge is 0.326 e. The van der Waals surface area contributed by atoms with E-state index in [-0.39, 0.29) is 11.4 Å². The minimum absolute atomic E-state index is 0.192. The van der Waals surface area contributed by atoms with Crippen LogP contribution >= 0.6 is 0 Å². The van der Waals surface area contributed by atoms with Crippen LogP contribution in [0.4, 0.5) is 4.39 Å². The van der Waals surface area contributed by atoms with E-state index in [0.29, 0.717) is 31.0 Å². The Morgan fingerprint density at radius 2 is 2.10 bits per heavy atom. The van der Waals surface area contributed by atoms with Gasteiger partial charge in [0.25, 0.3) is 0 Å². The molecule has 20 heavy (non-hydrogen) atoms. The molecule has 112 valence electrons. The maximum absolute atomic E-state index is 14.0. The van der Waals surface area contributed by atoms with Gasteiger partial charge in [-0.3, -0.25) is 0 Å². The maximum atomic E-state index is 14.0. The molecule has 1 saturated carbocycles. The molecule has 6 heteroatoms. The van der Waals surface area contributed by atoms with E-state index in [9.17, 15) is 12.8 Å². The molecule has 0 amide bonds. The number of hydrogen-bond acceptors (Lipinski definition) is 3. The summed E-state index contributed by atoms with van der Waals surface area (Å²) >= 11 is 0. The van der Waals surface area contributed by atoms with Gasteiger partial charge in [0.2, 0.25) is 10.0 Å². The number of nitrogens with two attached hydrogens (primary N) is 1. The monoisotopic (exact) mass is 300 g/mol. The van der Waals surface area contributed by atoms with Crippen LogP contribution in [-0.2, 0) is 16.6 Å². The van der Waals surface area contributed by atoms with Gasteiger partial charge in [0.1, 0.15) is 10.7 Å². The fourth-order valence-corrected chi connectivity index (χ4v) is 3.82. The van der Waals surface area contributed by atoms with Gasteiger partial charge < -0.3 is 5.73 Å². The summed E-state index contributed by atoms with van der Waals surface area (Å²) in [7, 11) is -3.76. The molecule has 0 atom stereocenters. The number of halogens is 1. The lowest BCUT2D eigenvalue weighted by molar-refractivity contribution is 0.392. The molecule has 0 aromatic heterocycles. The molecular weight excluding hydrogens is 279 g/mol. The summed E-state index contributed by atoms with van der Waals surface area (Å²) in [5.41, 5.74) is 6.02. The van der Waals surface area contributed by atoms with Crippen LogP contribution in [0.3, 0.4) is 0 Å². The summed E-state index contributed by atoms with van der Waals surface area (Å²) in [6.45, 7) is 3.03. The third kappa shape index (κ3) is 3.37. The lowest BCUT2D eigenvalue weighted by Crippen LogP contribution is -2.34. The average molecular weight is 300 g/mol. The highest BCUT2D eigenvalue weighted by Crippen LogP contribution is 2.32. The highest BCUT2D eigenvalue weighted by molar-refractivity contribution is 7.89. The molecule has 1 aliphatic carbocycles. The van der Waals surface area contributed by atoms with Gasteiger partial charge in [-0.05, 0) is 42.9 Å². The van der Waals surface area contributed by atoms with Crippen molar-refractivity contribution >= 4 is 10.0 Å². The summed E-state index contributed by atoms with van der Waals surface area (Å²) in [5, 5.41) is 0. The topological polar surface area (TPSA) is 63.4 Å². The first-order valence-electron chi connectivity index (χ1n) is 6.97. The SMILES string of the molecule is CCCN(CC1CC1)S(=O)(=O)c1ccc(CN)cc1F.